The van der Waals surface area contributed by atoms with E-state index in [4.69, 9.17) is 23.2 Å². The number of benzene rings is 1. The molecule has 7 heteroatoms. The fourth-order valence-electron chi connectivity index (χ4n) is 2.15. The molecule has 2 amide bonds. The van der Waals surface area contributed by atoms with Crippen molar-refractivity contribution in [2.75, 3.05) is 11.4 Å². The summed E-state index contributed by atoms with van der Waals surface area (Å²) in [7, 11) is 0. The van der Waals surface area contributed by atoms with E-state index in [9.17, 15) is 14.4 Å². The lowest BCUT2D eigenvalue weighted by atomic mass is 10.1. The van der Waals surface area contributed by atoms with Crippen LogP contribution in [0, 0.1) is 0 Å². The number of Topliss-reactive ketones (excluding diaryl/α,β-unsaturated/α-hetero) is 1. The van der Waals surface area contributed by atoms with Gasteiger partial charge in [0.15, 0.2) is 0 Å². The summed E-state index contributed by atoms with van der Waals surface area (Å²) in [5, 5.41) is 3.15. The Morgan fingerprint density at radius 2 is 1.90 bits per heavy atom. The smallest absolute Gasteiger partial charge is 0.300 e. The summed E-state index contributed by atoms with van der Waals surface area (Å²) in [4.78, 5) is 36.8. The van der Waals surface area contributed by atoms with E-state index in [0.29, 0.717) is 0 Å². The van der Waals surface area contributed by atoms with Gasteiger partial charge in [-0.05, 0) is 25.0 Å². The van der Waals surface area contributed by atoms with Crippen LogP contribution in [0.1, 0.15) is 23.2 Å². The molecule has 0 aromatic heterocycles. The highest BCUT2D eigenvalue weighted by Gasteiger charge is 2.40. The first kappa shape index (κ1) is 13.4. The lowest BCUT2D eigenvalue weighted by Crippen LogP contribution is -2.40. The lowest BCUT2D eigenvalue weighted by Gasteiger charge is -2.17. The van der Waals surface area contributed by atoms with Gasteiger partial charge in [0, 0.05) is 6.04 Å². The molecule has 104 valence electrons. The van der Waals surface area contributed by atoms with Crippen LogP contribution in [0.4, 0.5) is 5.69 Å². The SMILES string of the molecule is O=C(CN1C(=O)C(=O)c2c(Cl)ccc(Cl)c21)NC1CC1. The van der Waals surface area contributed by atoms with Gasteiger partial charge in [0.25, 0.3) is 11.7 Å². The zero-order chi connectivity index (χ0) is 14.4. The molecule has 1 aliphatic heterocycles. The minimum Gasteiger partial charge on any atom is -0.352 e. The molecule has 0 radical (unpaired) electrons. The van der Waals surface area contributed by atoms with Crippen LogP contribution in [0.2, 0.25) is 10.0 Å². The number of carbonyl (C=O) groups excluding carboxylic acids is 3. The number of hydrogen-bond acceptors (Lipinski definition) is 3. The molecule has 1 aromatic carbocycles. The average molecular weight is 313 g/mol. The molecule has 2 aliphatic rings. The molecule has 1 saturated carbocycles. The molecule has 0 atom stereocenters. The molecule has 1 heterocycles. The van der Waals surface area contributed by atoms with Gasteiger partial charge >= 0.3 is 0 Å². The maximum Gasteiger partial charge on any atom is 0.300 e. The van der Waals surface area contributed by atoms with Gasteiger partial charge in [-0.1, -0.05) is 23.2 Å². The van der Waals surface area contributed by atoms with Crippen molar-refractivity contribution in [1.29, 1.82) is 0 Å². The summed E-state index contributed by atoms with van der Waals surface area (Å²) in [6.07, 6.45) is 1.89. The number of ketones is 1. The van der Waals surface area contributed by atoms with E-state index in [1.807, 2.05) is 0 Å². The minimum absolute atomic E-state index is 0.0726. The Hall–Kier alpha value is -1.59. The van der Waals surface area contributed by atoms with Crippen molar-refractivity contribution in [3.63, 3.8) is 0 Å². The minimum atomic E-state index is -0.777. The molecule has 1 aliphatic carbocycles. The number of fused-ring (bicyclic) bond motifs is 1. The number of nitrogens with one attached hydrogen (secondary N) is 1. The number of nitrogens with zero attached hydrogens (tertiary/aromatic N) is 1. The number of anilines is 1. The Morgan fingerprint density at radius 1 is 1.25 bits per heavy atom. The maximum atomic E-state index is 12.0. The van der Waals surface area contributed by atoms with E-state index in [1.165, 1.54) is 12.1 Å². The van der Waals surface area contributed by atoms with E-state index in [1.54, 1.807) is 0 Å². The van der Waals surface area contributed by atoms with E-state index in [0.717, 1.165) is 17.7 Å². The number of hydrogen-bond donors (Lipinski definition) is 1. The van der Waals surface area contributed by atoms with Crippen LogP contribution in [0.25, 0.3) is 0 Å². The predicted molar refractivity (Wildman–Crippen MR) is 74.3 cm³/mol. The van der Waals surface area contributed by atoms with Crippen LogP contribution in [-0.2, 0) is 9.59 Å². The molecular formula is C13H10Cl2N2O3. The molecule has 1 fully saturated rings. The molecule has 0 bridgehead atoms. The van der Waals surface area contributed by atoms with Crippen molar-refractivity contribution in [2.24, 2.45) is 0 Å². The highest BCUT2D eigenvalue weighted by atomic mass is 35.5. The van der Waals surface area contributed by atoms with Crippen LogP contribution < -0.4 is 10.2 Å². The molecule has 5 nitrogen and oxygen atoms in total. The van der Waals surface area contributed by atoms with Crippen molar-refractivity contribution in [3.05, 3.63) is 27.7 Å². The summed E-state index contributed by atoms with van der Waals surface area (Å²) in [5.41, 5.74) is 0.295. The maximum absolute atomic E-state index is 12.0. The summed E-state index contributed by atoms with van der Waals surface area (Å²) in [6.45, 7) is -0.228. The van der Waals surface area contributed by atoms with Crippen LogP contribution >= 0.6 is 23.2 Å². The number of halogens is 2. The molecular weight excluding hydrogens is 303 g/mol. The van der Waals surface area contributed by atoms with E-state index in [-0.39, 0.29) is 39.8 Å². The summed E-state index contributed by atoms with van der Waals surface area (Å²) >= 11 is 12.0. The Kier molecular flexibility index (Phi) is 3.18. The Balaban J connectivity index is 1.93. The Labute approximate surface area is 124 Å². The molecule has 0 spiro atoms. The predicted octanol–water partition coefficient (Wildman–Crippen LogP) is 1.80. The zero-order valence-corrected chi connectivity index (χ0v) is 11.8. The van der Waals surface area contributed by atoms with Gasteiger partial charge in [-0.2, -0.15) is 0 Å². The third kappa shape index (κ3) is 2.17. The van der Waals surface area contributed by atoms with Crippen LogP contribution in [0.5, 0.6) is 0 Å². The fourth-order valence-corrected chi connectivity index (χ4v) is 2.65. The van der Waals surface area contributed by atoms with Crippen molar-refractivity contribution in [2.45, 2.75) is 18.9 Å². The second kappa shape index (κ2) is 4.75. The number of rotatable bonds is 3. The molecule has 1 aromatic rings. The average Bonchev–Trinajstić information content (AvgIpc) is 3.17. The van der Waals surface area contributed by atoms with Gasteiger partial charge in [-0.25, -0.2) is 0 Å². The Bertz CT molecular complexity index is 641. The zero-order valence-electron chi connectivity index (χ0n) is 10.3. The van der Waals surface area contributed by atoms with E-state index < -0.39 is 11.7 Å². The van der Waals surface area contributed by atoms with Gasteiger partial charge in [-0.15, -0.1) is 0 Å². The summed E-state index contributed by atoms with van der Waals surface area (Å²) < 4.78 is 0. The van der Waals surface area contributed by atoms with Crippen molar-refractivity contribution < 1.29 is 14.4 Å². The van der Waals surface area contributed by atoms with Gasteiger partial charge < -0.3 is 5.32 Å². The third-order valence-electron chi connectivity index (χ3n) is 3.26. The van der Waals surface area contributed by atoms with Crippen LogP contribution in [0.3, 0.4) is 0 Å². The molecule has 3 rings (SSSR count). The van der Waals surface area contributed by atoms with Gasteiger partial charge in [-0.3, -0.25) is 19.3 Å². The van der Waals surface area contributed by atoms with Gasteiger partial charge in [0.05, 0.1) is 21.3 Å². The van der Waals surface area contributed by atoms with Crippen LogP contribution in [0.15, 0.2) is 12.1 Å². The summed E-state index contributed by atoms with van der Waals surface area (Å²) in [6, 6.07) is 3.15. The molecule has 0 saturated heterocycles. The first-order valence-electron chi connectivity index (χ1n) is 6.12. The molecule has 20 heavy (non-hydrogen) atoms. The highest BCUT2D eigenvalue weighted by molar-refractivity contribution is 6.57. The normalized spacial score (nSPS) is 17.4. The highest BCUT2D eigenvalue weighted by Crippen LogP contribution is 2.39. The summed E-state index contributed by atoms with van der Waals surface area (Å²) in [5.74, 6) is -1.81. The largest absolute Gasteiger partial charge is 0.352 e. The first-order chi connectivity index (χ1) is 9.49. The molecule has 1 N–H and O–H groups in total. The first-order valence-corrected chi connectivity index (χ1v) is 6.88. The van der Waals surface area contributed by atoms with Gasteiger partial charge in [0.2, 0.25) is 5.91 Å². The van der Waals surface area contributed by atoms with Crippen LogP contribution in [-0.4, -0.2) is 30.2 Å². The second-order valence-electron chi connectivity index (χ2n) is 4.82. The van der Waals surface area contributed by atoms with E-state index >= 15 is 0 Å². The van der Waals surface area contributed by atoms with Crippen molar-refractivity contribution >= 4 is 46.5 Å². The van der Waals surface area contributed by atoms with Crippen molar-refractivity contribution in [3.8, 4) is 0 Å². The number of amides is 2. The van der Waals surface area contributed by atoms with Gasteiger partial charge in [0.1, 0.15) is 6.54 Å². The lowest BCUT2D eigenvalue weighted by molar-refractivity contribution is -0.122. The fraction of sp³-hybridized carbons (Fsp3) is 0.308. The van der Waals surface area contributed by atoms with Crippen molar-refractivity contribution in [1.82, 2.24) is 5.32 Å². The molecule has 0 unspecified atom stereocenters. The topological polar surface area (TPSA) is 66.5 Å². The quantitative estimate of drug-likeness (QED) is 0.865. The Morgan fingerprint density at radius 3 is 2.55 bits per heavy atom. The number of carbonyl (C=O) groups is 3. The monoisotopic (exact) mass is 312 g/mol. The third-order valence-corrected chi connectivity index (χ3v) is 3.88. The van der Waals surface area contributed by atoms with E-state index in [2.05, 4.69) is 5.32 Å². The standard InChI is InChI=1S/C13H10Cl2N2O3/c14-7-3-4-8(15)11-10(7)12(19)13(20)17(11)5-9(18)16-6-1-2-6/h3-4,6H,1-2,5H2,(H,16,18). The second-order valence-corrected chi connectivity index (χ2v) is 5.63.